The van der Waals surface area contributed by atoms with Gasteiger partial charge in [0.25, 0.3) is 5.91 Å². The summed E-state index contributed by atoms with van der Waals surface area (Å²) in [4.78, 5) is 19.0. The summed E-state index contributed by atoms with van der Waals surface area (Å²) in [5.74, 6) is 1.56. The van der Waals surface area contributed by atoms with Gasteiger partial charge in [-0.05, 0) is 51.9 Å². The molecule has 4 rings (SSSR count). The van der Waals surface area contributed by atoms with Crippen LogP contribution in [0.25, 0.3) is 5.69 Å². The van der Waals surface area contributed by atoms with Gasteiger partial charge in [0.05, 0.1) is 5.75 Å². The molecule has 1 aromatic carbocycles. The zero-order valence-corrected chi connectivity index (χ0v) is 18.1. The molecule has 3 aromatic rings. The minimum absolute atomic E-state index is 0.201. The monoisotopic (exact) mass is 426 g/mol. The molecule has 0 bridgehead atoms. The molecule has 1 fully saturated rings. The molecule has 0 aliphatic carbocycles. The van der Waals surface area contributed by atoms with Gasteiger partial charge >= 0.3 is 0 Å². The van der Waals surface area contributed by atoms with Gasteiger partial charge in [-0.15, -0.1) is 10.2 Å². The molecule has 1 aliphatic rings. The number of carbonyl (C=O) groups is 1. The number of nitrogens with one attached hydrogen (secondary N) is 1. The van der Waals surface area contributed by atoms with Gasteiger partial charge in [0.1, 0.15) is 12.1 Å². The molecule has 1 N–H and O–H groups in total. The summed E-state index contributed by atoms with van der Waals surface area (Å²) >= 11 is 1.47. The SMILES string of the molecule is Cc1ccc(-n2c(C)nnc2SCc2nc(C(=O)NCCN3CCCC3)co2)cc1. The predicted molar refractivity (Wildman–Crippen MR) is 115 cm³/mol. The Hall–Kier alpha value is -2.65. The molecule has 1 aliphatic heterocycles. The van der Waals surface area contributed by atoms with E-state index in [1.54, 1.807) is 0 Å². The molecule has 0 unspecified atom stereocenters. The fourth-order valence-electron chi connectivity index (χ4n) is 3.46. The van der Waals surface area contributed by atoms with Crippen LogP contribution in [0.5, 0.6) is 0 Å². The Morgan fingerprint density at radius 1 is 1.17 bits per heavy atom. The van der Waals surface area contributed by atoms with E-state index >= 15 is 0 Å². The number of oxazole rings is 1. The number of aromatic nitrogens is 4. The van der Waals surface area contributed by atoms with Gasteiger partial charge in [-0.1, -0.05) is 29.5 Å². The number of amides is 1. The van der Waals surface area contributed by atoms with Crippen molar-refractivity contribution in [3.05, 3.63) is 53.5 Å². The minimum atomic E-state index is -0.201. The van der Waals surface area contributed by atoms with E-state index in [0.29, 0.717) is 23.9 Å². The van der Waals surface area contributed by atoms with E-state index < -0.39 is 0 Å². The van der Waals surface area contributed by atoms with Crippen LogP contribution < -0.4 is 5.32 Å². The van der Waals surface area contributed by atoms with Crippen molar-refractivity contribution in [2.24, 2.45) is 0 Å². The molecule has 2 aromatic heterocycles. The van der Waals surface area contributed by atoms with E-state index in [-0.39, 0.29) is 5.91 Å². The maximum Gasteiger partial charge on any atom is 0.273 e. The van der Waals surface area contributed by atoms with E-state index in [0.717, 1.165) is 36.3 Å². The lowest BCUT2D eigenvalue weighted by molar-refractivity contribution is 0.0944. The maximum atomic E-state index is 12.3. The third kappa shape index (κ3) is 4.91. The topological polar surface area (TPSA) is 89.1 Å². The second kappa shape index (κ2) is 9.44. The first-order chi connectivity index (χ1) is 14.6. The van der Waals surface area contributed by atoms with Crippen LogP contribution in [0.1, 0.15) is 40.6 Å². The Morgan fingerprint density at radius 2 is 1.93 bits per heavy atom. The molecule has 1 amide bonds. The zero-order chi connectivity index (χ0) is 20.9. The van der Waals surface area contributed by atoms with Crippen LogP contribution in [0.15, 0.2) is 40.1 Å². The number of aryl methyl sites for hydroxylation is 2. The van der Waals surface area contributed by atoms with Gasteiger partial charge in [-0.3, -0.25) is 9.36 Å². The van der Waals surface area contributed by atoms with E-state index in [2.05, 4.69) is 44.5 Å². The van der Waals surface area contributed by atoms with E-state index in [1.165, 1.54) is 36.4 Å². The van der Waals surface area contributed by atoms with Crippen LogP contribution >= 0.6 is 11.8 Å². The second-order valence-corrected chi connectivity index (χ2v) is 8.36. The molecule has 9 heteroatoms. The zero-order valence-electron chi connectivity index (χ0n) is 17.3. The van der Waals surface area contributed by atoms with E-state index in [1.807, 2.05) is 23.6 Å². The lowest BCUT2D eigenvalue weighted by Gasteiger charge is -2.14. The number of likely N-dealkylation sites (tertiary alicyclic amines) is 1. The van der Waals surface area contributed by atoms with Crippen molar-refractivity contribution in [1.29, 1.82) is 0 Å². The number of nitrogens with zero attached hydrogens (tertiary/aromatic N) is 5. The standard InChI is InChI=1S/C21H26N6O2S/c1-15-5-7-17(8-6-15)27-16(2)24-25-21(27)30-14-19-23-18(13-29-19)20(28)22-9-12-26-10-3-4-11-26/h5-8,13H,3-4,9-12,14H2,1-2H3,(H,22,28). The number of rotatable bonds is 8. The number of hydrogen-bond donors (Lipinski definition) is 1. The Bertz CT molecular complexity index is 991. The quantitative estimate of drug-likeness (QED) is 0.554. The molecule has 0 radical (unpaired) electrons. The molecule has 0 saturated carbocycles. The van der Waals surface area contributed by atoms with Gasteiger partial charge in [0, 0.05) is 18.8 Å². The van der Waals surface area contributed by atoms with Gasteiger partial charge in [-0.2, -0.15) is 0 Å². The van der Waals surface area contributed by atoms with Gasteiger partial charge < -0.3 is 14.6 Å². The fraction of sp³-hybridized carbons (Fsp3) is 0.429. The first kappa shape index (κ1) is 20.6. The average molecular weight is 427 g/mol. The molecule has 0 spiro atoms. The number of hydrogen-bond acceptors (Lipinski definition) is 7. The maximum absolute atomic E-state index is 12.3. The Kier molecular flexibility index (Phi) is 6.49. The molecule has 1 saturated heterocycles. The molecular weight excluding hydrogens is 400 g/mol. The van der Waals surface area contributed by atoms with Crippen LogP contribution in [-0.2, 0) is 5.75 Å². The van der Waals surface area contributed by atoms with Crippen molar-refractivity contribution in [1.82, 2.24) is 30.0 Å². The summed E-state index contributed by atoms with van der Waals surface area (Å²) < 4.78 is 7.49. The Labute approximate surface area is 180 Å². The summed E-state index contributed by atoms with van der Waals surface area (Å²) in [5.41, 5.74) is 2.52. The van der Waals surface area contributed by atoms with Crippen molar-refractivity contribution < 1.29 is 9.21 Å². The summed E-state index contributed by atoms with van der Waals surface area (Å²) in [6, 6.07) is 8.22. The second-order valence-electron chi connectivity index (χ2n) is 7.42. The summed E-state index contributed by atoms with van der Waals surface area (Å²) in [5, 5.41) is 12.1. The minimum Gasteiger partial charge on any atom is -0.447 e. The molecular formula is C21H26N6O2S. The van der Waals surface area contributed by atoms with Gasteiger partial charge in [0.2, 0.25) is 5.89 Å². The Morgan fingerprint density at radius 3 is 2.70 bits per heavy atom. The lowest BCUT2D eigenvalue weighted by Crippen LogP contribution is -2.33. The molecule has 8 nitrogen and oxygen atoms in total. The van der Waals surface area contributed by atoms with Gasteiger partial charge in [-0.25, -0.2) is 4.98 Å². The van der Waals surface area contributed by atoms with E-state index in [9.17, 15) is 4.79 Å². The summed E-state index contributed by atoms with van der Waals surface area (Å²) in [6.45, 7) is 7.71. The highest BCUT2D eigenvalue weighted by molar-refractivity contribution is 7.98. The predicted octanol–water partition coefficient (Wildman–Crippen LogP) is 2.99. The lowest BCUT2D eigenvalue weighted by atomic mass is 10.2. The first-order valence-corrected chi connectivity index (χ1v) is 11.2. The number of benzene rings is 1. The smallest absolute Gasteiger partial charge is 0.273 e. The highest BCUT2D eigenvalue weighted by Crippen LogP contribution is 2.25. The van der Waals surface area contributed by atoms with Gasteiger partial charge in [0.15, 0.2) is 10.9 Å². The normalized spacial score (nSPS) is 14.3. The average Bonchev–Trinajstić information content (AvgIpc) is 3.49. The van der Waals surface area contributed by atoms with Crippen molar-refractivity contribution >= 4 is 17.7 Å². The molecule has 158 valence electrons. The van der Waals surface area contributed by atoms with Crippen molar-refractivity contribution in [2.75, 3.05) is 26.2 Å². The summed E-state index contributed by atoms with van der Waals surface area (Å²) in [7, 11) is 0. The molecule has 3 heterocycles. The third-order valence-electron chi connectivity index (χ3n) is 5.11. The van der Waals surface area contributed by atoms with Crippen molar-refractivity contribution in [3.8, 4) is 5.69 Å². The van der Waals surface area contributed by atoms with Crippen LogP contribution in [0.4, 0.5) is 0 Å². The highest BCUT2D eigenvalue weighted by Gasteiger charge is 2.16. The van der Waals surface area contributed by atoms with Crippen LogP contribution in [-0.4, -0.2) is 56.7 Å². The Balaban J connectivity index is 1.33. The fourth-order valence-corrected chi connectivity index (χ4v) is 4.31. The highest BCUT2D eigenvalue weighted by atomic mass is 32.2. The third-order valence-corrected chi connectivity index (χ3v) is 6.02. The van der Waals surface area contributed by atoms with Crippen molar-refractivity contribution in [2.45, 2.75) is 37.6 Å². The number of thioether (sulfide) groups is 1. The largest absolute Gasteiger partial charge is 0.447 e. The van der Waals surface area contributed by atoms with E-state index in [4.69, 9.17) is 4.42 Å². The summed E-state index contributed by atoms with van der Waals surface area (Å²) in [6.07, 6.45) is 3.90. The van der Waals surface area contributed by atoms with Crippen molar-refractivity contribution in [3.63, 3.8) is 0 Å². The molecule has 0 atom stereocenters. The van der Waals surface area contributed by atoms with Crippen LogP contribution in [0, 0.1) is 13.8 Å². The first-order valence-electron chi connectivity index (χ1n) is 10.2. The van der Waals surface area contributed by atoms with Crippen LogP contribution in [0.3, 0.4) is 0 Å². The number of carbonyl (C=O) groups excluding carboxylic acids is 1. The van der Waals surface area contributed by atoms with Crippen LogP contribution in [0.2, 0.25) is 0 Å². The molecule has 30 heavy (non-hydrogen) atoms.